The summed E-state index contributed by atoms with van der Waals surface area (Å²) >= 11 is 0. The molecule has 0 aliphatic heterocycles. The third kappa shape index (κ3) is 3.05. The fraction of sp³-hybridized carbons (Fsp3) is 0.917. The zero-order valence-electron chi connectivity index (χ0n) is 18.1. The molecular formula is C24H39N3O. The van der Waals surface area contributed by atoms with Crippen LogP contribution in [0, 0.1) is 46.8 Å². The third-order valence-corrected chi connectivity index (χ3v) is 9.94. The molecule has 1 heterocycles. The van der Waals surface area contributed by atoms with Crippen LogP contribution in [0.5, 0.6) is 0 Å². The summed E-state index contributed by atoms with van der Waals surface area (Å²) in [6, 6.07) is 0. The predicted octanol–water partition coefficient (Wildman–Crippen LogP) is 4.93. The van der Waals surface area contributed by atoms with E-state index >= 15 is 0 Å². The summed E-state index contributed by atoms with van der Waals surface area (Å²) in [4.78, 5) is 0. The van der Waals surface area contributed by atoms with Gasteiger partial charge in [0, 0.05) is 12.7 Å². The molecular weight excluding hydrogens is 346 g/mol. The van der Waals surface area contributed by atoms with Gasteiger partial charge < -0.3 is 5.11 Å². The molecule has 1 N–H and O–H groups in total. The second-order valence-corrected chi connectivity index (χ2v) is 11.5. The molecule has 4 saturated carbocycles. The molecule has 4 aliphatic rings. The lowest BCUT2D eigenvalue weighted by atomic mass is 9.48. The summed E-state index contributed by atoms with van der Waals surface area (Å²) < 4.78 is 2.03. The number of aromatic nitrogens is 3. The van der Waals surface area contributed by atoms with Gasteiger partial charge in [-0.1, -0.05) is 19.1 Å². The molecule has 1 aromatic heterocycles. The van der Waals surface area contributed by atoms with Crippen LogP contribution in [0.25, 0.3) is 0 Å². The summed E-state index contributed by atoms with van der Waals surface area (Å²) in [6.07, 6.45) is 15.7. The Labute approximate surface area is 170 Å². The first-order valence-corrected chi connectivity index (χ1v) is 11.9. The predicted molar refractivity (Wildman–Crippen MR) is 110 cm³/mol. The summed E-state index contributed by atoms with van der Waals surface area (Å²) in [5.74, 6) is 6.01. The second-order valence-electron chi connectivity index (χ2n) is 11.5. The van der Waals surface area contributed by atoms with Crippen molar-refractivity contribution in [3.05, 3.63) is 12.4 Å². The van der Waals surface area contributed by atoms with Gasteiger partial charge in [0.1, 0.15) is 0 Å². The molecule has 9 atom stereocenters. The first kappa shape index (κ1) is 19.1. The molecule has 1 aromatic rings. The summed E-state index contributed by atoms with van der Waals surface area (Å²) in [5.41, 5.74) is 0.126. The monoisotopic (exact) mass is 385 g/mol. The molecule has 28 heavy (non-hydrogen) atoms. The molecule has 4 nitrogen and oxygen atoms in total. The molecule has 4 heteroatoms. The molecule has 4 fully saturated rings. The van der Waals surface area contributed by atoms with Gasteiger partial charge in [0.2, 0.25) is 0 Å². The van der Waals surface area contributed by atoms with Crippen LogP contribution in [0.15, 0.2) is 12.4 Å². The van der Waals surface area contributed by atoms with Crippen LogP contribution in [0.2, 0.25) is 0 Å². The van der Waals surface area contributed by atoms with E-state index in [0.717, 1.165) is 54.9 Å². The Balaban J connectivity index is 1.31. The molecule has 0 saturated heterocycles. The van der Waals surface area contributed by atoms with Gasteiger partial charge in [-0.25, -0.2) is 0 Å². The highest BCUT2D eigenvalue weighted by molar-refractivity contribution is 5.07. The third-order valence-electron chi connectivity index (χ3n) is 9.94. The van der Waals surface area contributed by atoms with Gasteiger partial charge in [-0.05, 0) is 112 Å². The molecule has 0 bridgehead atoms. The molecule has 0 radical (unpaired) electrons. The van der Waals surface area contributed by atoms with Crippen LogP contribution >= 0.6 is 0 Å². The summed E-state index contributed by atoms with van der Waals surface area (Å²) in [6.45, 7) is 8.18. The quantitative estimate of drug-likeness (QED) is 0.802. The lowest BCUT2D eigenvalue weighted by molar-refractivity contribution is -0.103. The first-order chi connectivity index (χ1) is 13.4. The minimum atomic E-state index is -0.396. The highest BCUT2D eigenvalue weighted by atomic mass is 16.3. The van der Waals surface area contributed by atoms with Crippen LogP contribution in [0.4, 0.5) is 0 Å². The average molecular weight is 386 g/mol. The average Bonchev–Trinajstić information content (AvgIpc) is 3.27. The zero-order chi connectivity index (χ0) is 19.5. The Bertz CT molecular complexity index is 686. The maximum atomic E-state index is 10.6. The van der Waals surface area contributed by atoms with E-state index < -0.39 is 5.60 Å². The Kier molecular flexibility index (Phi) is 4.65. The number of aliphatic hydroxyl groups is 1. The highest BCUT2D eigenvalue weighted by Crippen LogP contribution is 2.65. The molecule has 0 amide bonds. The number of nitrogens with zero attached hydrogens (tertiary/aromatic N) is 3. The fourth-order valence-corrected chi connectivity index (χ4v) is 8.81. The SMILES string of the molecule is C[C@@H](Cn1ccnn1)[C@H]1CC[C@H]2[C@@H]3CC[C@@H]4C[C@](C)(O)CC[C@@H]4[C@H]3CC[C@]12C. The van der Waals surface area contributed by atoms with Crippen molar-refractivity contribution in [2.75, 3.05) is 0 Å². The summed E-state index contributed by atoms with van der Waals surface area (Å²) in [7, 11) is 0. The van der Waals surface area contributed by atoms with Crippen molar-refractivity contribution in [3.63, 3.8) is 0 Å². The Morgan fingerprint density at radius 1 is 1.04 bits per heavy atom. The van der Waals surface area contributed by atoms with E-state index in [9.17, 15) is 5.11 Å². The fourth-order valence-electron chi connectivity index (χ4n) is 8.81. The molecule has 5 rings (SSSR count). The van der Waals surface area contributed by atoms with Crippen LogP contribution < -0.4 is 0 Å². The van der Waals surface area contributed by atoms with Gasteiger partial charge in [0.25, 0.3) is 0 Å². The second kappa shape index (κ2) is 6.82. The molecule has 0 aromatic carbocycles. The molecule has 4 aliphatic carbocycles. The highest BCUT2D eigenvalue weighted by Gasteiger charge is 2.58. The normalized spacial score (nSPS) is 49.1. The first-order valence-electron chi connectivity index (χ1n) is 11.9. The van der Waals surface area contributed by atoms with E-state index in [1.807, 2.05) is 10.9 Å². The van der Waals surface area contributed by atoms with E-state index in [-0.39, 0.29) is 0 Å². The Hall–Kier alpha value is -0.900. The summed E-state index contributed by atoms with van der Waals surface area (Å²) in [5, 5.41) is 18.8. The standard InChI is InChI=1S/C24H39N3O/c1-16(15-27-13-12-25-26-27)21-6-7-22-20-5-4-17-14-23(2,28)10-8-18(17)19(20)9-11-24(21,22)3/h12-13,16-22,28H,4-11,14-15H2,1-3H3/t16-,17+,18-,19+,20+,21+,22-,23+,24+/m0/s1. The lowest BCUT2D eigenvalue weighted by Gasteiger charge is -2.57. The van der Waals surface area contributed by atoms with Crippen molar-refractivity contribution in [2.24, 2.45) is 46.8 Å². The minimum absolute atomic E-state index is 0.396. The number of hydrogen-bond donors (Lipinski definition) is 1. The van der Waals surface area contributed by atoms with Crippen LogP contribution in [-0.2, 0) is 6.54 Å². The Morgan fingerprint density at radius 3 is 2.64 bits per heavy atom. The minimum Gasteiger partial charge on any atom is -0.390 e. The zero-order valence-corrected chi connectivity index (χ0v) is 18.1. The van der Waals surface area contributed by atoms with Gasteiger partial charge in [0.05, 0.1) is 11.8 Å². The lowest BCUT2D eigenvalue weighted by Crippen LogP contribution is -2.51. The van der Waals surface area contributed by atoms with E-state index in [2.05, 4.69) is 31.1 Å². The smallest absolute Gasteiger partial charge is 0.0692 e. The molecule has 0 spiro atoms. The van der Waals surface area contributed by atoms with Crippen molar-refractivity contribution in [1.29, 1.82) is 0 Å². The molecule has 0 unspecified atom stereocenters. The topological polar surface area (TPSA) is 50.9 Å². The van der Waals surface area contributed by atoms with Crippen LogP contribution in [0.1, 0.15) is 78.6 Å². The van der Waals surface area contributed by atoms with Gasteiger partial charge in [-0.15, -0.1) is 5.10 Å². The van der Waals surface area contributed by atoms with Gasteiger partial charge >= 0.3 is 0 Å². The van der Waals surface area contributed by atoms with E-state index in [4.69, 9.17) is 0 Å². The van der Waals surface area contributed by atoms with Crippen molar-refractivity contribution >= 4 is 0 Å². The van der Waals surface area contributed by atoms with E-state index in [1.54, 1.807) is 6.20 Å². The number of rotatable bonds is 3. The van der Waals surface area contributed by atoms with Crippen molar-refractivity contribution < 1.29 is 5.11 Å². The number of hydrogen-bond acceptors (Lipinski definition) is 3. The largest absolute Gasteiger partial charge is 0.390 e. The van der Waals surface area contributed by atoms with Crippen molar-refractivity contribution in [1.82, 2.24) is 15.0 Å². The van der Waals surface area contributed by atoms with Crippen molar-refractivity contribution in [2.45, 2.75) is 90.7 Å². The van der Waals surface area contributed by atoms with Crippen LogP contribution in [-0.4, -0.2) is 25.7 Å². The van der Waals surface area contributed by atoms with E-state index in [0.29, 0.717) is 11.3 Å². The maximum Gasteiger partial charge on any atom is 0.0692 e. The number of fused-ring (bicyclic) bond motifs is 5. The van der Waals surface area contributed by atoms with Gasteiger partial charge in [-0.3, -0.25) is 4.68 Å². The van der Waals surface area contributed by atoms with Crippen LogP contribution in [0.3, 0.4) is 0 Å². The maximum absolute atomic E-state index is 10.6. The van der Waals surface area contributed by atoms with E-state index in [1.165, 1.54) is 44.9 Å². The van der Waals surface area contributed by atoms with Gasteiger partial charge in [-0.2, -0.15) is 0 Å². The molecule has 156 valence electrons. The van der Waals surface area contributed by atoms with Crippen molar-refractivity contribution in [3.8, 4) is 0 Å². The van der Waals surface area contributed by atoms with Gasteiger partial charge in [0.15, 0.2) is 0 Å². The Morgan fingerprint density at radius 2 is 1.86 bits per heavy atom.